The third kappa shape index (κ3) is 2.60. The molecule has 1 amide bonds. The van der Waals surface area contributed by atoms with Crippen LogP contribution in [0.1, 0.15) is 10.4 Å². The maximum Gasteiger partial charge on any atom is 0.257 e. The first-order chi connectivity index (χ1) is 8.77. The Balaban J connectivity index is 2.31. The van der Waals surface area contributed by atoms with E-state index in [1.807, 2.05) is 18.2 Å². The predicted molar refractivity (Wildman–Crippen MR) is 72.5 cm³/mol. The Bertz CT molecular complexity index is 535. The Labute approximate surface area is 115 Å². The molecule has 2 aromatic heterocycles. The van der Waals surface area contributed by atoms with E-state index in [1.165, 1.54) is 0 Å². The lowest BCUT2D eigenvalue weighted by atomic mass is 10.2. The van der Waals surface area contributed by atoms with Gasteiger partial charge < -0.3 is 4.90 Å². The highest BCUT2D eigenvalue weighted by molar-refractivity contribution is 6.18. The van der Waals surface area contributed by atoms with Gasteiger partial charge in [0.05, 0.1) is 17.3 Å². The Morgan fingerprint density at radius 2 is 2.00 bits per heavy atom. The molecule has 0 radical (unpaired) electrons. The molecule has 0 saturated carbocycles. The number of aromatic nitrogens is 2. The molecule has 0 atom stereocenters. The zero-order valence-electron chi connectivity index (χ0n) is 9.72. The number of carbonyl (C=O) groups is 1. The first-order valence-corrected chi connectivity index (χ1v) is 6.68. The molecule has 0 N–H and O–H groups in total. The molecule has 0 unspecified atom stereocenters. The first-order valence-electron chi connectivity index (χ1n) is 5.61. The molecule has 2 aromatic rings. The van der Waals surface area contributed by atoms with Crippen LogP contribution in [0.15, 0.2) is 30.6 Å². The van der Waals surface area contributed by atoms with Crippen molar-refractivity contribution in [3.63, 3.8) is 0 Å². The largest absolute Gasteiger partial charge is 0.336 e. The maximum atomic E-state index is 12.4. The quantitative estimate of drug-likeness (QED) is 0.791. The second kappa shape index (κ2) is 6.07. The van der Waals surface area contributed by atoms with Gasteiger partial charge in [0, 0.05) is 31.0 Å². The number of hydrogen-bond donors (Lipinski definition) is 0. The van der Waals surface area contributed by atoms with Gasteiger partial charge in [0.2, 0.25) is 0 Å². The molecule has 6 heteroatoms. The van der Waals surface area contributed by atoms with E-state index < -0.39 is 0 Å². The Morgan fingerprint density at radius 3 is 2.67 bits per heavy atom. The summed E-state index contributed by atoms with van der Waals surface area (Å²) in [5, 5.41) is 4.15. The van der Waals surface area contributed by atoms with Crippen LogP contribution in [-0.2, 0) is 0 Å². The standard InChI is InChI=1S/C12H13Cl2N3O/c13-4-7-16(8-5-14)12(18)10-9-15-17-6-2-1-3-11(10)17/h1-3,6,9H,4-5,7-8H2. The molecule has 0 aliphatic heterocycles. The van der Waals surface area contributed by atoms with Crippen LogP contribution in [0.5, 0.6) is 0 Å². The fourth-order valence-corrected chi connectivity index (χ4v) is 2.20. The number of carbonyl (C=O) groups excluding carboxylic acids is 1. The lowest BCUT2D eigenvalue weighted by Crippen LogP contribution is -2.34. The highest BCUT2D eigenvalue weighted by atomic mass is 35.5. The maximum absolute atomic E-state index is 12.4. The van der Waals surface area contributed by atoms with Gasteiger partial charge in [-0.2, -0.15) is 5.10 Å². The second-order valence-electron chi connectivity index (χ2n) is 3.76. The summed E-state index contributed by atoms with van der Waals surface area (Å²) >= 11 is 11.4. The van der Waals surface area contributed by atoms with Gasteiger partial charge in [-0.15, -0.1) is 23.2 Å². The minimum atomic E-state index is -0.0856. The normalized spacial score (nSPS) is 10.8. The SMILES string of the molecule is O=C(c1cnn2ccccc12)N(CCCl)CCCl. The van der Waals surface area contributed by atoms with Gasteiger partial charge in [-0.1, -0.05) is 6.07 Å². The minimum Gasteiger partial charge on any atom is -0.336 e. The third-order valence-corrected chi connectivity index (χ3v) is 2.99. The van der Waals surface area contributed by atoms with Crippen molar-refractivity contribution >= 4 is 34.6 Å². The summed E-state index contributed by atoms with van der Waals surface area (Å²) in [5.41, 5.74) is 1.36. The van der Waals surface area contributed by atoms with Gasteiger partial charge in [-0.25, -0.2) is 4.52 Å². The van der Waals surface area contributed by atoms with Crippen molar-refractivity contribution in [2.45, 2.75) is 0 Å². The van der Waals surface area contributed by atoms with Crippen LogP contribution >= 0.6 is 23.2 Å². The summed E-state index contributed by atoms with van der Waals surface area (Å²) in [4.78, 5) is 14.0. The zero-order chi connectivity index (χ0) is 13.0. The van der Waals surface area contributed by atoms with Gasteiger partial charge in [-0.05, 0) is 12.1 Å². The number of fused-ring (bicyclic) bond motifs is 1. The molecule has 0 aromatic carbocycles. The number of nitrogens with zero attached hydrogens (tertiary/aromatic N) is 3. The fourth-order valence-electron chi connectivity index (χ4n) is 1.79. The average molecular weight is 286 g/mol. The minimum absolute atomic E-state index is 0.0856. The molecule has 2 heterocycles. The monoisotopic (exact) mass is 285 g/mol. The van der Waals surface area contributed by atoms with Crippen LogP contribution in [0.4, 0.5) is 0 Å². The van der Waals surface area contributed by atoms with Crippen LogP contribution in [0.25, 0.3) is 5.52 Å². The summed E-state index contributed by atoms with van der Waals surface area (Å²) in [5.74, 6) is 0.696. The molecular weight excluding hydrogens is 273 g/mol. The van der Waals surface area contributed by atoms with Crippen molar-refractivity contribution in [2.75, 3.05) is 24.8 Å². The molecule has 18 heavy (non-hydrogen) atoms. The van der Waals surface area contributed by atoms with E-state index in [2.05, 4.69) is 5.10 Å². The Hall–Kier alpha value is -1.26. The Kier molecular flexibility index (Phi) is 4.44. The molecule has 0 saturated heterocycles. The lowest BCUT2D eigenvalue weighted by molar-refractivity contribution is 0.0777. The number of alkyl halides is 2. The average Bonchev–Trinajstić information content (AvgIpc) is 2.81. The van der Waals surface area contributed by atoms with E-state index in [0.29, 0.717) is 30.4 Å². The summed E-state index contributed by atoms with van der Waals surface area (Å²) in [6.07, 6.45) is 3.38. The summed E-state index contributed by atoms with van der Waals surface area (Å²) in [6, 6.07) is 5.60. The molecule has 2 rings (SSSR count). The first kappa shape index (κ1) is 13.2. The third-order valence-electron chi connectivity index (χ3n) is 2.65. The van der Waals surface area contributed by atoms with Gasteiger partial charge in [0.15, 0.2) is 0 Å². The molecule has 0 aliphatic carbocycles. The van der Waals surface area contributed by atoms with Crippen molar-refractivity contribution in [3.05, 3.63) is 36.2 Å². The van der Waals surface area contributed by atoms with Crippen molar-refractivity contribution in [1.29, 1.82) is 0 Å². The van der Waals surface area contributed by atoms with E-state index in [-0.39, 0.29) is 5.91 Å². The van der Waals surface area contributed by atoms with E-state index >= 15 is 0 Å². The number of halogens is 2. The summed E-state index contributed by atoms with van der Waals surface area (Å²) in [6.45, 7) is 0.967. The van der Waals surface area contributed by atoms with Gasteiger partial charge in [-0.3, -0.25) is 4.79 Å². The molecule has 4 nitrogen and oxygen atoms in total. The summed E-state index contributed by atoms with van der Waals surface area (Å²) < 4.78 is 1.67. The second-order valence-corrected chi connectivity index (χ2v) is 4.51. The van der Waals surface area contributed by atoms with Crippen molar-refractivity contribution in [2.24, 2.45) is 0 Å². The van der Waals surface area contributed by atoms with Crippen LogP contribution in [0.2, 0.25) is 0 Å². The highest BCUT2D eigenvalue weighted by Crippen LogP contribution is 2.13. The number of rotatable bonds is 5. The Morgan fingerprint density at radius 1 is 1.28 bits per heavy atom. The van der Waals surface area contributed by atoms with Crippen molar-refractivity contribution in [3.8, 4) is 0 Å². The zero-order valence-corrected chi connectivity index (χ0v) is 11.2. The number of hydrogen-bond acceptors (Lipinski definition) is 2. The van der Waals surface area contributed by atoms with Crippen LogP contribution < -0.4 is 0 Å². The molecule has 0 spiro atoms. The molecule has 96 valence electrons. The van der Waals surface area contributed by atoms with Gasteiger partial charge in [0.1, 0.15) is 0 Å². The van der Waals surface area contributed by atoms with Crippen molar-refractivity contribution in [1.82, 2.24) is 14.5 Å². The highest BCUT2D eigenvalue weighted by Gasteiger charge is 2.18. The molecular formula is C12H13Cl2N3O. The topological polar surface area (TPSA) is 37.6 Å². The van der Waals surface area contributed by atoms with Gasteiger partial charge in [0.25, 0.3) is 5.91 Å². The molecule has 0 aliphatic rings. The molecule has 0 bridgehead atoms. The van der Waals surface area contributed by atoms with E-state index in [0.717, 1.165) is 5.52 Å². The fraction of sp³-hybridized carbons (Fsp3) is 0.333. The van der Waals surface area contributed by atoms with Crippen LogP contribution in [0.3, 0.4) is 0 Å². The predicted octanol–water partition coefficient (Wildman–Crippen LogP) is 2.25. The van der Waals surface area contributed by atoms with E-state index in [9.17, 15) is 4.79 Å². The van der Waals surface area contributed by atoms with E-state index in [1.54, 1.807) is 21.8 Å². The van der Waals surface area contributed by atoms with Crippen molar-refractivity contribution < 1.29 is 4.79 Å². The van der Waals surface area contributed by atoms with Crippen LogP contribution in [0, 0.1) is 0 Å². The lowest BCUT2D eigenvalue weighted by Gasteiger charge is -2.19. The van der Waals surface area contributed by atoms with E-state index in [4.69, 9.17) is 23.2 Å². The molecule has 0 fully saturated rings. The van der Waals surface area contributed by atoms with Gasteiger partial charge >= 0.3 is 0 Å². The number of pyridine rings is 1. The number of amides is 1. The summed E-state index contributed by atoms with van der Waals surface area (Å²) in [7, 11) is 0. The smallest absolute Gasteiger partial charge is 0.257 e. The van der Waals surface area contributed by atoms with Crippen LogP contribution in [-0.4, -0.2) is 45.3 Å².